The van der Waals surface area contributed by atoms with Crippen LogP contribution in [0.4, 0.5) is 5.69 Å². The number of carbonyl (C=O) groups excluding carboxylic acids is 1. The summed E-state index contributed by atoms with van der Waals surface area (Å²) in [6.45, 7) is 1.92. The first kappa shape index (κ1) is 15.4. The number of hydrogen-bond donors (Lipinski definition) is 3. The van der Waals surface area contributed by atoms with Crippen LogP contribution in [0, 0.1) is 6.92 Å². The van der Waals surface area contributed by atoms with Crippen LogP contribution < -0.4 is 11.1 Å². The number of halogens is 1. The maximum absolute atomic E-state index is 12.1. The van der Waals surface area contributed by atoms with E-state index >= 15 is 0 Å². The number of nitrogens with two attached hydrogens (primary N) is 1. The first-order chi connectivity index (χ1) is 9.95. The fourth-order valence-electron chi connectivity index (χ4n) is 1.93. The van der Waals surface area contributed by atoms with Crippen LogP contribution in [-0.2, 0) is 11.2 Å². The molecule has 0 aliphatic rings. The lowest BCUT2D eigenvalue weighted by molar-refractivity contribution is -0.117. The molecule has 110 valence electrons. The quantitative estimate of drug-likeness (QED) is 0.813. The van der Waals surface area contributed by atoms with Gasteiger partial charge in [0.2, 0.25) is 5.91 Å². The first-order valence-electron chi connectivity index (χ1n) is 6.56. The molecule has 0 saturated heterocycles. The zero-order chi connectivity index (χ0) is 15.4. The average molecular weight is 305 g/mol. The predicted molar refractivity (Wildman–Crippen MR) is 84.6 cm³/mol. The van der Waals surface area contributed by atoms with Gasteiger partial charge in [-0.05, 0) is 48.7 Å². The molecule has 1 atom stereocenters. The Balaban J connectivity index is 2.00. The molecule has 0 fully saturated rings. The van der Waals surface area contributed by atoms with E-state index in [-0.39, 0.29) is 11.7 Å². The van der Waals surface area contributed by atoms with Crippen LogP contribution in [0.5, 0.6) is 5.75 Å². The van der Waals surface area contributed by atoms with E-state index in [1.54, 1.807) is 36.4 Å². The largest absolute Gasteiger partial charge is 0.508 e. The molecule has 0 aliphatic carbocycles. The topological polar surface area (TPSA) is 75.4 Å². The van der Waals surface area contributed by atoms with Gasteiger partial charge in [0.15, 0.2) is 0 Å². The number of anilines is 1. The normalized spacial score (nSPS) is 12.0. The molecule has 2 rings (SSSR count). The number of amides is 1. The Morgan fingerprint density at radius 1 is 1.29 bits per heavy atom. The summed E-state index contributed by atoms with van der Waals surface area (Å²) >= 11 is 6.07. The summed E-state index contributed by atoms with van der Waals surface area (Å²) in [5, 5.41) is 12.4. The minimum Gasteiger partial charge on any atom is -0.508 e. The number of benzene rings is 2. The third kappa shape index (κ3) is 4.21. The first-order valence-corrected chi connectivity index (χ1v) is 6.94. The lowest BCUT2D eigenvalue weighted by Crippen LogP contribution is -2.37. The molecule has 0 bridgehead atoms. The van der Waals surface area contributed by atoms with Gasteiger partial charge in [0.05, 0.1) is 16.8 Å². The molecule has 0 spiro atoms. The summed E-state index contributed by atoms with van der Waals surface area (Å²) in [5.41, 5.74) is 8.35. The molecule has 0 saturated carbocycles. The highest BCUT2D eigenvalue weighted by Gasteiger charge is 2.15. The highest BCUT2D eigenvalue weighted by Crippen LogP contribution is 2.23. The van der Waals surface area contributed by atoms with E-state index in [0.29, 0.717) is 17.1 Å². The maximum atomic E-state index is 12.1. The molecule has 0 aromatic heterocycles. The van der Waals surface area contributed by atoms with Crippen LogP contribution in [0.3, 0.4) is 0 Å². The Hall–Kier alpha value is -2.04. The lowest BCUT2D eigenvalue weighted by Gasteiger charge is -2.13. The molecule has 5 heteroatoms. The van der Waals surface area contributed by atoms with Crippen molar-refractivity contribution < 1.29 is 9.90 Å². The van der Waals surface area contributed by atoms with Crippen LogP contribution in [-0.4, -0.2) is 17.1 Å². The Bertz CT molecular complexity index is 641. The third-order valence-corrected chi connectivity index (χ3v) is 3.42. The molecule has 0 aliphatic heterocycles. The number of hydrogen-bond acceptors (Lipinski definition) is 3. The van der Waals surface area contributed by atoms with E-state index in [1.807, 2.05) is 13.0 Å². The fourth-order valence-corrected chi connectivity index (χ4v) is 2.21. The molecule has 0 unspecified atom stereocenters. The fraction of sp³-hybridized carbons (Fsp3) is 0.188. The van der Waals surface area contributed by atoms with Gasteiger partial charge >= 0.3 is 0 Å². The molecule has 0 radical (unpaired) electrons. The van der Waals surface area contributed by atoms with E-state index in [2.05, 4.69) is 5.32 Å². The maximum Gasteiger partial charge on any atom is 0.241 e. The molecule has 4 N–H and O–H groups in total. The van der Waals surface area contributed by atoms with Crippen LogP contribution >= 0.6 is 11.6 Å². The lowest BCUT2D eigenvalue weighted by atomic mass is 10.1. The van der Waals surface area contributed by atoms with Crippen molar-refractivity contribution in [2.75, 3.05) is 5.32 Å². The number of aryl methyl sites for hydroxylation is 1. The Labute approximate surface area is 128 Å². The zero-order valence-corrected chi connectivity index (χ0v) is 12.4. The number of aromatic hydroxyl groups is 1. The zero-order valence-electron chi connectivity index (χ0n) is 11.6. The second-order valence-corrected chi connectivity index (χ2v) is 5.36. The summed E-state index contributed by atoms with van der Waals surface area (Å²) in [6, 6.07) is 11.3. The highest BCUT2D eigenvalue weighted by molar-refractivity contribution is 6.33. The van der Waals surface area contributed by atoms with Gasteiger partial charge in [0, 0.05) is 0 Å². The molecule has 4 nitrogen and oxygen atoms in total. The number of rotatable bonds is 4. The van der Waals surface area contributed by atoms with Gasteiger partial charge in [-0.15, -0.1) is 0 Å². The van der Waals surface area contributed by atoms with E-state index in [9.17, 15) is 9.90 Å². The van der Waals surface area contributed by atoms with Gasteiger partial charge < -0.3 is 16.2 Å². The molecule has 1 amide bonds. The van der Waals surface area contributed by atoms with Gasteiger partial charge in [0.25, 0.3) is 0 Å². The number of carbonyl (C=O) groups is 1. The van der Waals surface area contributed by atoms with Gasteiger partial charge in [-0.1, -0.05) is 29.8 Å². The average Bonchev–Trinajstić information content (AvgIpc) is 2.44. The van der Waals surface area contributed by atoms with E-state index in [4.69, 9.17) is 17.3 Å². The third-order valence-electron chi connectivity index (χ3n) is 3.11. The van der Waals surface area contributed by atoms with Gasteiger partial charge in [-0.25, -0.2) is 0 Å². The van der Waals surface area contributed by atoms with E-state index in [1.165, 1.54) is 0 Å². The Morgan fingerprint density at radius 3 is 2.57 bits per heavy atom. The monoisotopic (exact) mass is 304 g/mol. The van der Waals surface area contributed by atoms with E-state index < -0.39 is 6.04 Å². The second kappa shape index (κ2) is 6.61. The summed E-state index contributed by atoms with van der Waals surface area (Å²) in [4.78, 5) is 12.1. The number of phenolic OH excluding ortho intramolecular Hbond substituents is 1. The molecular weight excluding hydrogens is 288 g/mol. The van der Waals surface area contributed by atoms with Gasteiger partial charge in [0.1, 0.15) is 5.75 Å². The SMILES string of the molecule is Cc1ccc(NC(=O)[C@@H](N)Cc2ccc(O)cc2)c(Cl)c1. The molecule has 2 aromatic carbocycles. The summed E-state index contributed by atoms with van der Waals surface area (Å²) in [7, 11) is 0. The van der Waals surface area contributed by atoms with Crippen LogP contribution in [0.15, 0.2) is 42.5 Å². The van der Waals surface area contributed by atoms with Gasteiger partial charge in [-0.2, -0.15) is 0 Å². The van der Waals surface area contributed by atoms with Crippen molar-refractivity contribution in [3.05, 3.63) is 58.6 Å². The predicted octanol–water partition coefficient (Wildman–Crippen LogP) is 2.86. The summed E-state index contributed by atoms with van der Waals surface area (Å²) in [6.07, 6.45) is 0.385. The molecule has 2 aromatic rings. The molecule has 0 heterocycles. The van der Waals surface area contributed by atoms with Crippen LogP contribution in [0.25, 0.3) is 0 Å². The van der Waals surface area contributed by atoms with Crippen molar-refractivity contribution in [2.24, 2.45) is 5.73 Å². The Morgan fingerprint density at radius 2 is 1.95 bits per heavy atom. The van der Waals surface area contributed by atoms with Crippen LogP contribution in [0.2, 0.25) is 5.02 Å². The molecular formula is C16H17ClN2O2. The smallest absolute Gasteiger partial charge is 0.241 e. The summed E-state index contributed by atoms with van der Waals surface area (Å²) < 4.78 is 0. The van der Waals surface area contributed by atoms with Crippen molar-refractivity contribution in [1.82, 2.24) is 0 Å². The second-order valence-electron chi connectivity index (χ2n) is 4.95. The highest BCUT2D eigenvalue weighted by atomic mass is 35.5. The van der Waals surface area contributed by atoms with Crippen molar-refractivity contribution in [2.45, 2.75) is 19.4 Å². The standard InChI is InChI=1S/C16H17ClN2O2/c1-10-2-7-15(13(17)8-10)19-16(21)14(18)9-11-3-5-12(20)6-4-11/h2-8,14,20H,9,18H2,1H3,(H,19,21)/t14-/m0/s1. The van der Waals surface area contributed by atoms with Crippen molar-refractivity contribution in [3.8, 4) is 5.75 Å². The number of nitrogens with one attached hydrogen (secondary N) is 1. The van der Waals surface area contributed by atoms with E-state index in [0.717, 1.165) is 11.1 Å². The van der Waals surface area contributed by atoms with Crippen molar-refractivity contribution in [1.29, 1.82) is 0 Å². The molecule has 21 heavy (non-hydrogen) atoms. The number of phenols is 1. The van der Waals surface area contributed by atoms with Gasteiger partial charge in [-0.3, -0.25) is 4.79 Å². The van der Waals surface area contributed by atoms with Crippen molar-refractivity contribution >= 4 is 23.2 Å². The minimum absolute atomic E-state index is 0.184. The summed E-state index contributed by atoms with van der Waals surface area (Å²) in [5.74, 6) is -0.114. The van der Waals surface area contributed by atoms with Crippen molar-refractivity contribution in [3.63, 3.8) is 0 Å². The van der Waals surface area contributed by atoms with Crippen LogP contribution in [0.1, 0.15) is 11.1 Å². The minimum atomic E-state index is -0.688. The Kier molecular flexibility index (Phi) is 4.83.